The fraction of sp³-hybridized carbons (Fsp3) is 0.538. The predicted octanol–water partition coefficient (Wildman–Crippen LogP) is 2.68. The van der Waals surface area contributed by atoms with E-state index in [1.807, 2.05) is 19.1 Å². The molecule has 15 heavy (non-hydrogen) atoms. The van der Waals surface area contributed by atoms with E-state index in [4.69, 9.17) is 0 Å². The molecule has 0 aliphatic carbocycles. The van der Waals surface area contributed by atoms with Crippen LogP contribution in [0.2, 0.25) is 0 Å². The van der Waals surface area contributed by atoms with E-state index in [2.05, 4.69) is 5.32 Å². The van der Waals surface area contributed by atoms with Crippen molar-refractivity contribution in [2.45, 2.75) is 26.2 Å². The van der Waals surface area contributed by atoms with Crippen LogP contribution in [0.15, 0.2) is 18.2 Å². The second-order valence-corrected chi connectivity index (χ2v) is 4.49. The normalized spacial score (nSPS) is 18.0. The highest BCUT2D eigenvalue weighted by molar-refractivity contribution is 5.23. The zero-order valence-electron chi connectivity index (χ0n) is 9.22. The molecule has 2 heteroatoms. The summed E-state index contributed by atoms with van der Waals surface area (Å²) in [6.07, 6.45) is 3.24. The van der Waals surface area contributed by atoms with Crippen LogP contribution in [0.25, 0.3) is 0 Å². The second kappa shape index (κ2) is 4.75. The number of hydrogen-bond acceptors (Lipinski definition) is 1. The van der Waals surface area contributed by atoms with Crippen molar-refractivity contribution >= 4 is 0 Å². The lowest BCUT2D eigenvalue weighted by molar-refractivity contribution is 0.368. The van der Waals surface area contributed by atoms with Gasteiger partial charge in [-0.05, 0) is 62.4 Å². The van der Waals surface area contributed by atoms with E-state index in [-0.39, 0.29) is 5.82 Å². The molecular weight excluding hydrogens is 189 g/mol. The maximum absolute atomic E-state index is 13.6. The smallest absolute Gasteiger partial charge is 0.126 e. The number of rotatable bonds is 2. The van der Waals surface area contributed by atoms with Crippen molar-refractivity contribution in [3.05, 3.63) is 35.1 Å². The highest BCUT2D eigenvalue weighted by Gasteiger charge is 2.15. The summed E-state index contributed by atoms with van der Waals surface area (Å²) in [4.78, 5) is 0. The van der Waals surface area contributed by atoms with E-state index < -0.39 is 0 Å². The van der Waals surface area contributed by atoms with E-state index in [0.717, 1.165) is 30.6 Å². The average Bonchev–Trinajstić information content (AvgIpc) is 2.24. The first-order chi connectivity index (χ1) is 7.25. The summed E-state index contributed by atoms with van der Waals surface area (Å²) >= 11 is 0. The number of aryl methyl sites for hydroxylation is 1. The van der Waals surface area contributed by atoms with Crippen LogP contribution in [0.5, 0.6) is 0 Å². The minimum atomic E-state index is -0.0338. The minimum Gasteiger partial charge on any atom is -0.317 e. The van der Waals surface area contributed by atoms with Gasteiger partial charge in [0.2, 0.25) is 0 Å². The molecule has 1 heterocycles. The molecule has 1 saturated heterocycles. The van der Waals surface area contributed by atoms with Gasteiger partial charge in [0.1, 0.15) is 5.82 Å². The van der Waals surface area contributed by atoms with Gasteiger partial charge in [-0.25, -0.2) is 4.39 Å². The second-order valence-electron chi connectivity index (χ2n) is 4.49. The monoisotopic (exact) mass is 207 g/mol. The van der Waals surface area contributed by atoms with Gasteiger partial charge in [0.05, 0.1) is 0 Å². The van der Waals surface area contributed by atoms with Crippen LogP contribution in [-0.2, 0) is 6.42 Å². The van der Waals surface area contributed by atoms with Crippen molar-refractivity contribution in [2.24, 2.45) is 5.92 Å². The Hall–Kier alpha value is -0.890. The number of benzene rings is 1. The van der Waals surface area contributed by atoms with Gasteiger partial charge in [-0.2, -0.15) is 0 Å². The Kier molecular flexibility index (Phi) is 3.37. The van der Waals surface area contributed by atoms with Crippen molar-refractivity contribution < 1.29 is 4.39 Å². The van der Waals surface area contributed by atoms with E-state index in [9.17, 15) is 4.39 Å². The van der Waals surface area contributed by atoms with Gasteiger partial charge in [-0.1, -0.05) is 12.1 Å². The zero-order chi connectivity index (χ0) is 10.7. The fourth-order valence-electron chi connectivity index (χ4n) is 2.21. The van der Waals surface area contributed by atoms with Crippen LogP contribution in [0, 0.1) is 18.7 Å². The number of piperidine rings is 1. The third-order valence-electron chi connectivity index (χ3n) is 3.18. The molecule has 0 saturated carbocycles. The molecular formula is C13H18FN. The summed E-state index contributed by atoms with van der Waals surface area (Å²) in [6.45, 7) is 4.09. The van der Waals surface area contributed by atoms with Crippen LogP contribution in [0.4, 0.5) is 4.39 Å². The number of hydrogen-bond donors (Lipinski definition) is 1. The molecule has 0 amide bonds. The lowest BCUT2D eigenvalue weighted by atomic mass is 9.90. The summed E-state index contributed by atoms with van der Waals surface area (Å²) in [5.74, 6) is 0.622. The molecule has 1 aromatic carbocycles. The Labute approximate surface area is 90.7 Å². The Balaban J connectivity index is 2.03. The van der Waals surface area contributed by atoms with Gasteiger partial charge in [-0.15, -0.1) is 0 Å². The topological polar surface area (TPSA) is 12.0 Å². The summed E-state index contributed by atoms with van der Waals surface area (Å²) in [5.41, 5.74) is 1.88. The van der Waals surface area contributed by atoms with E-state index in [1.54, 1.807) is 6.07 Å². The highest BCUT2D eigenvalue weighted by atomic mass is 19.1. The van der Waals surface area contributed by atoms with Gasteiger partial charge in [0, 0.05) is 0 Å². The molecule has 0 atom stereocenters. The standard InChI is InChI=1S/C13H18FN/c1-10-2-3-12(13(14)8-10)9-11-4-6-15-7-5-11/h2-3,8,11,15H,4-7,9H2,1H3. The number of halogens is 1. The van der Waals surface area contributed by atoms with Gasteiger partial charge in [-0.3, -0.25) is 0 Å². The molecule has 82 valence electrons. The van der Waals surface area contributed by atoms with Crippen molar-refractivity contribution in [1.82, 2.24) is 5.32 Å². The van der Waals surface area contributed by atoms with Gasteiger partial charge < -0.3 is 5.32 Å². The van der Waals surface area contributed by atoms with Crippen molar-refractivity contribution in [3.63, 3.8) is 0 Å². The Morgan fingerprint density at radius 2 is 2.07 bits per heavy atom. The summed E-state index contributed by atoms with van der Waals surface area (Å²) in [5, 5.41) is 3.33. The predicted molar refractivity (Wildman–Crippen MR) is 60.4 cm³/mol. The Morgan fingerprint density at radius 3 is 2.73 bits per heavy atom. The molecule has 1 aromatic rings. The van der Waals surface area contributed by atoms with Crippen LogP contribution in [0.3, 0.4) is 0 Å². The molecule has 0 bridgehead atoms. The van der Waals surface area contributed by atoms with Crippen molar-refractivity contribution in [2.75, 3.05) is 13.1 Å². The van der Waals surface area contributed by atoms with Gasteiger partial charge in [0.15, 0.2) is 0 Å². The molecule has 0 radical (unpaired) electrons. The lowest BCUT2D eigenvalue weighted by Crippen LogP contribution is -2.28. The van der Waals surface area contributed by atoms with E-state index in [0.29, 0.717) is 5.92 Å². The van der Waals surface area contributed by atoms with Gasteiger partial charge >= 0.3 is 0 Å². The quantitative estimate of drug-likeness (QED) is 0.786. The molecule has 0 unspecified atom stereocenters. The molecule has 1 aliphatic heterocycles. The first kappa shape index (κ1) is 10.6. The van der Waals surface area contributed by atoms with Gasteiger partial charge in [0.25, 0.3) is 0 Å². The molecule has 1 nitrogen and oxygen atoms in total. The van der Waals surface area contributed by atoms with Crippen LogP contribution in [-0.4, -0.2) is 13.1 Å². The molecule has 0 spiro atoms. The van der Waals surface area contributed by atoms with Crippen LogP contribution in [0.1, 0.15) is 24.0 Å². The van der Waals surface area contributed by atoms with Crippen LogP contribution >= 0.6 is 0 Å². The molecule has 1 N–H and O–H groups in total. The zero-order valence-corrected chi connectivity index (χ0v) is 9.22. The fourth-order valence-corrected chi connectivity index (χ4v) is 2.21. The highest BCUT2D eigenvalue weighted by Crippen LogP contribution is 2.20. The van der Waals surface area contributed by atoms with E-state index in [1.165, 1.54) is 12.8 Å². The first-order valence-electron chi connectivity index (χ1n) is 5.71. The third-order valence-corrected chi connectivity index (χ3v) is 3.18. The first-order valence-corrected chi connectivity index (χ1v) is 5.71. The molecule has 1 aliphatic rings. The average molecular weight is 207 g/mol. The van der Waals surface area contributed by atoms with Crippen molar-refractivity contribution in [3.8, 4) is 0 Å². The maximum atomic E-state index is 13.6. The molecule has 2 rings (SSSR count). The molecule has 0 aromatic heterocycles. The summed E-state index contributed by atoms with van der Waals surface area (Å²) in [7, 11) is 0. The summed E-state index contributed by atoms with van der Waals surface area (Å²) in [6, 6.07) is 5.57. The largest absolute Gasteiger partial charge is 0.317 e. The number of nitrogens with one attached hydrogen (secondary N) is 1. The minimum absolute atomic E-state index is 0.0338. The Bertz CT molecular complexity index is 329. The van der Waals surface area contributed by atoms with Crippen LogP contribution < -0.4 is 5.32 Å². The lowest BCUT2D eigenvalue weighted by Gasteiger charge is -2.22. The summed E-state index contributed by atoms with van der Waals surface area (Å²) < 4.78 is 13.6. The van der Waals surface area contributed by atoms with Crippen molar-refractivity contribution in [1.29, 1.82) is 0 Å². The maximum Gasteiger partial charge on any atom is 0.126 e. The molecule has 1 fully saturated rings. The third kappa shape index (κ3) is 2.78. The Morgan fingerprint density at radius 1 is 1.33 bits per heavy atom. The SMILES string of the molecule is Cc1ccc(CC2CCNCC2)c(F)c1. The van der Waals surface area contributed by atoms with E-state index >= 15 is 0 Å².